The second-order valence-electron chi connectivity index (χ2n) is 7.59. The first-order valence-electron chi connectivity index (χ1n) is 10.6. The first-order chi connectivity index (χ1) is 16.0. The lowest BCUT2D eigenvalue weighted by atomic mass is 10.1. The number of carbonyl (C=O) groups excluding carboxylic acids is 1. The zero-order valence-electron chi connectivity index (χ0n) is 18.2. The summed E-state index contributed by atoms with van der Waals surface area (Å²) in [6.45, 7) is 0.703. The average molecular weight is 461 g/mol. The van der Waals surface area contributed by atoms with Gasteiger partial charge >= 0.3 is 5.69 Å². The molecule has 0 aliphatic heterocycles. The molecule has 2 aromatic heterocycles. The number of benzene rings is 2. The van der Waals surface area contributed by atoms with E-state index >= 15 is 0 Å². The molecule has 4 rings (SSSR count). The van der Waals surface area contributed by atoms with Crippen molar-refractivity contribution in [2.45, 2.75) is 17.9 Å². The van der Waals surface area contributed by atoms with Crippen LogP contribution in [0.3, 0.4) is 0 Å². The molecule has 33 heavy (non-hydrogen) atoms. The van der Waals surface area contributed by atoms with Crippen molar-refractivity contribution in [1.29, 1.82) is 0 Å². The number of carbonyl (C=O) groups is 1. The van der Waals surface area contributed by atoms with E-state index in [1.807, 2.05) is 42.5 Å². The Morgan fingerprint density at radius 3 is 2.55 bits per heavy atom. The van der Waals surface area contributed by atoms with Crippen LogP contribution in [-0.4, -0.2) is 32.3 Å². The highest BCUT2D eigenvalue weighted by molar-refractivity contribution is 7.99. The summed E-state index contributed by atoms with van der Waals surface area (Å²) in [6.07, 6.45) is 4.33. The maximum atomic E-state index is 13.1. The molecule has 8 heteroatoms. The van der Waals surface area contributed by atoms with Crippen LogP contribution in [0.15, 0.2) is 87.5 Å². The number of nitrogens with one attached hydrogen (secondary N) is 1. The van der Waals surface area contributed by atoms with Gasteiger partial charge in [0.2, 0.25) is 0 Å². The Bertz CT molecular complexity index is 1380. The van der Waals surface area contributed by atoms with Crippen LogP contribution in [0.25, 0.3) is 10.9 Å². The summed E-state index contributed by atoms with van der Waals surface area (Å²) in [6, 6.07) is 18.1. The second-order valence-corrected chi connectivity index (χ2v) is 8.76. The van der Waals surface area contributed by atoms with Crippen molar-refractivity contribution in [3.05, 3.63) is 105 Å². The Hall–Kier alpha value is -3.65. The monoisotopic (exact) mass is 460 g/mol. The molecule has 7 nitrogen and oxygen atoms in total. The molecule has 1 N–H and O–H groups in total. The number of hydrogen-bond donors (Lipinski definition) is 1. The largest absolute Gasteiger partial charge is 0.352 e. The average Bonchev–Trinajstić information content (AvgIpc) is 2.86. The third-order valence-corrected chi connectivity index (χ3v) is 6.42. The Kier molecular flexibility index (Phi) is 7.04. The predicted molar refractivity (Wildman–Crippen MR) is 131 cm³/mol. The molecule has 1 amide bonds. The van der Waals surface area contributed by atoms with Crippen molar-refractivity contribution in [2.75, 3.05) is 12.3 Å². The smallest absolute Gasteiger partial charge is 0.331 e. The molecule has 0 aliphatic rings. The molecule has 0 radical (unpaired) electrons. The van der Waals surface area contributed by atoms with Gasteiger partial charge in [0, 0.05) is 36.4 Å². The third-order valence-electron chi connectivity index (χ3n) is 5.32. The number of pyridine rings is 1. The molecule has 0 fully saturated rings. The van der Waals surface area contributed by atoms with E-state index in [1.54, 1.807) is 49.4 Å². The van der Waals surface area contributed by atoms with Gasteiger partial charge in [0.05, 0.1) is 17.4 Å². The predicted octanol–water partition coefficient (Wildman–Crippen LogP) is 3.06. The molecule has 0 spiro atoms. The topological polar surface area (TPSA) is 86.0 Å². The van der Waals surface area contributed by atoms with Gasteiger partial charge in [-0.3, -0.25) is 23.7 Å². The molecular weight excluding hydrogens is 436 g/mol. The fourth-order valence-corrected chi connectivity index (χ4v) is 4.40. The molecule has 0 saturated heterocycles. The first-order valence-corrected chi connectivity index (χ1v) is 11.6. The van der Waals surface area contributed by atoms with E-state index in [2.05, 4.69) is 10.3 Å². The molecule has 0 atom stereocenters. The summed E-state index contributed by atoms with van der Waals surface area (Å²) in [5.74, 6) is 0.627. The summed E-state index contributed by atoms with van der Waals surface area (Å²) in [5, 5.41) is 3.25. The molecular formula is C25H24N4O3S. The van der Waals surface area contributed by atoms with Crippen LogP contribution >= 0.6 is 11.8 Å². The van der Waals surface area contributed by atoms with Crippen molar-refractivity contribution in [2.24, 2.45) is 7.05 Å². The van der Waals surface area contributed by atoms with Crippen LogP contribution in [0.5, 0.6) is 0 Å². The van der Waals surface area contributed by atoms with Gasteiger partial charge in [-0.05, 0) is 48.1 Å². The molecule has 168 valence electrons. The fourth-order valence-electron chi connectivity index (χ4n) is 3.56. The van der Waals surface area contributed by atoms with Gasteiger partial charge in [-0.25, -0.2) is 4.79 Å². The standard InChI is InChI=1S/C25H24N4O3S/c1-28-22-9-8-19(23(30)27-12-5-15-33-20-10-13-26-14-11-20)16-21(22)24(31)29(25(28)32)17-18-6-3-2-4-7-18/h2-4,6-11,13-14,16H,5,12,15,17H2,1H3,(H,27,30). The highest BCUT2D eigenvalue weighted by atomic mass is 32.2. The highest BCUT2D eigenvalue weighted by Crippen LogP contribution is 2.17. The van der Waals surface area contributed by atoms with Gasteiger partial charge < -0.3 is 5.32 Å². The van der Waals surface area contributed by atoms with E-state index in [0.29, 0.717) is 23.0 Å². The summed E-state index contributed by atoms with van der Waals surface area (Å²) in [4.78, 5) is 43.7. The van der Waals surface area contributed by atoms with Crippen molar-refractivity contribution in [1.82, 2.24) is 19.4 Å². The second kappa shape index (κ2) is 10.3. The minimum absolute atomic E-state index is 0.174. The molecule has 2 aromatic carbocycles. The van der Waals surface area contributed by atoms with Gasteiger partial charge in [-0.15, -0.1) is 11.8 Å². The normalized spacial score (nSPS) is 10.9. The van der Waals surface area contributed by atoms with Crippen LogP contribution in [0, 0.1) is 0 Å². The van der Waals surface area contributed by atoms with Gasteiger partial charge in [-0.2, -0.15) is 0 Å². The minimum atomic E-state index is -0.402. The molecule has 2 heterocycles. The quantitative estimate of drug-likeness (QED) is 0.323. The van der Waals surface area contributed by atoms with Crippen LogP contribution in [0.2, 0.25) is 0 Å². The summed E-state index contributed by atoms with van der Waals surface area (Å²) >= 11 is 1.71. The van der Waals surface area contributed by atoms with Crippen molar-refractivity contribution in [3.63, 3.8) is 0 Å². The molecule has 0 aliphatic carbocycles. The lowest BCUT2D eigenvalue weighted by Gasteiger charge is -2.12. The highest BCUT2D eigenvalue weighted by Gasteiger charge is 2.14. The minimum Gasteiger partial charge on any atom is -0.352 e. The van der Waals surface area contributed by atoms with Crippen molar-refractivity contribution in [3.8, 4) is 0 Å². The number of rotatable bonds is 8. The molecule has 4 aromatic rings. The van der Waals surface area contributed by atoms with E-state index in [4.69, 9.17) is 0 Å². The zero-order chi connectivity index (χ0) is 23.2. The molecule has 0 bridgehead atoms. The summed E-state index contributed by atoms with van der Waals surface area (Å²) < 4.78 is 2.65. The third kappa shape index (κ3) is 5.23. The first kappa shape index (κ1) is 22.5. The number of amides is 1. The lowest BCUT2D eigenvalue weighted by molar-refractivity contribution is 0.0954. The van der Waals surface area contributed by atoms with Crippen molar-refractivity contribution < 1.29 is 4.79 Å². The summed E-state index contributed by atoms with van der Waals surface area (Å²) in [5.41, 5.74) is 0.959. The van der Waals surface area contributed by atoms with Crippen molar-refractivity contribution >= 4 is 28.6 Å². The van der Waals surface area contributed by atoms with Gasteiger partial charge in [0.1, 0.15) is 0 Å². The number of thioether (sulfide) groups is 1. The lowest BCUT2D eigenvalue weighted by Crippen LogP contribution is -2.39. The van der Waals surface area contributed by atoms with Crippen LogP contribution in [0.1, 0.15) is 22.3 Å². The van der Waals surface area contributed by atoms with Gasteiger partial charge in [0.15, 0.2) is 0 Å². The van der Waals surface area contributed by atoms with Gasteiger partial charge in [-0.1, -0.05) is 30.3 Å². The van der Waals surface area contributed by atoms with E-state index in [-0.39, 0.29) is 18.1 Å². The van der Waals surface area contributed by atoms with E-state index < -0.39 is 5.56 Å². The Labute approximate surface area is 195 Å². The number of aromatic nitrogens is 3. The maximum absolute atomic E-state index is 13.1. The Morgan fingerprint density at radius 2 is 1.79 bits per heavy atom. The molecule has 0 saturated carbocycles. The van der Waals surface area contributed by atoms with Gasteiger partial charge in [0.25, 0.3) is 11.5 Å². The Balaban J connectivity index is 1.49. The zero-order valence-corrected chi connectivity index (χ0v) is 19.0. The van der Waals surface area contributed by atoms with Crippen LogP contribution < -0.4 is 16.6 Å². The van der Waals surface area contributed by atoms with E-state index in [9.17, 15) is 14.4 Å². The number of aryl methyl sites for hydroxylation is 1. The summed E-state index contributed by atoms with van der Waals surface area (Å²) in [7, 11) is 1.63. The number of fused-ring (bicyclic) bond motifs is 1. The Morgan fingerprint density at radius 1 is 1.03 bits per heavy atom. The van der Waals surface area contributed by atoms with E-state index in [0.717, 1.165) is 22.6 Å². The number of hydrogen-bond acceptors (Lipinski definition) is 5. The molecule has 0 unspecified atom stereocenters. The fraction of sp³-hybridized carbons (Fsp3) is 0.200. The van der Waals surface area contributed by atoms with Crippen LogP contribution in [0.4, 0.5) is 0 Å². The van der Waals surface area contributed by atoms with E-state index in [1.165, 1.54) is 9.13 Å². The maximum Gasteiger partial charge on any atom is 0.331 e. The van der Waals surface area contributed by atoms with Crippen LogP contribution in [-0.2, 0) is 13.6 Å². The number of nitrogens with zero attached hydrogens (tertiary/aromatic N) is 3. The SMILES string of the molecule is Cn1c(=O)n(Cc2ccccc2)c(=O)c2cc(C(=O)NCCCSc3ccncc3)ccc21.